The van der Waals surface area contributed by atoms with Crippen LogP contribution in [-0.4, -0.2) is 0 Å². The zero-order chi connectivity index (χ0) is 35.2. The lowest BCUT2D eigenvalue weighted by molar-refractivity contribution is -0.00518. The average Bonchev–Trinajstić information content (AvgIpc) is 3.39. The van der Waals surface area contributed by atoms with Crippen LogP contribution in [0.2, 0.25) is 0 Å². The first-order chi connectivity index (χ1) is 25.3. The van der Waals surface area contributed by atoms with Crippen LogP contribution in [0.4, 0.5) is 17.1 Å². The lowest BCUT2D eigenvalue weighted by Gasteiger charge is -2.57. The van der Waals surface area contributed by atoms with Gasteiger partial charge in [-0.2, -0.15) is 0 Å². The minimum Gasteiger partial charge on any atom is -0.309 e. The van der Waals surface area contributed by atoms with Crippen LogP contribution in [0.5, 0.6) is 0 Å². The van der Waals surface area contributed by atoms with Gasteiger partial charge in [0.1, 0.15) is 0 Å². The summed E-state index contributed by atoms with van der Waals surface area (Å²) in [6.07, 6.45) is 8.72. The van der Waals surface area contributed by atoms with E-state index in [1.807, 2.05) is 0 Å². The zero-order valence-electron chi connectivity index (χ0n) is 31.1. The van der Waals surface area contributed by atoms with Crippen molar-refractivity contribution in [3.8, 4) is 33.4 Å². The standard InChI is InChI=1S/C51H49N/c1-33-25-41(40-17-21-42(22-18-40)51-30-35-27-36(31-51)29-37(28-35)32-51)26-34(2)49(33)52(43-23-19-39(20-24-43)38-11-6-5-7-12-38)47-16-10-15-46-48(47)44-13-8-9-14-45(44)50(46,3)4/h5-26,35-37H,27-32H2,1-4H3. The van der Waals surface area contributed by atoms with Crippen molar-refractivity contribution in [2.75, 3.05) is 4.90 Å². The van der Waals surface area contributed by atoms with Crippen LogP contribution >= 0.6 is 0 Å². The minimum atomic E-state index is -0.0684. The van der Waals surface area contributed by atoms with Crippen LogP contribution in [0.1, 0.15) is 80.2 Å². The lowest BCUT2D eigenvalue weighted by Crippen LogP contribution is -2.48. The molecule has 0 radical (unpaired) electrons. The predicted molar refractivity (Wildman–Crippen MR) is 219 cm³/mol. The third-order valence-electron chi connectivity index (χ3n) is 13.6. The fraction of sp³-hybridized carbons (Fsp3) is 0.294. The number of nitrogens with zero attached hydrogens (tertiary/aromatic N) is 1. The van der Waals surface area contributed by atoms with Crippen molar-refractivity contribution in [2.45, 2.75) is 77.0 Å². The molecule has 6 aromatic carbocycles. The predicted octanol–water partition coefficient (Wildman–Crippen LogP) is 13.9. The average molecular weight is 676 g/mol. The van der Waals surface area contributed by atoms with Crippen molar-refractivity contribution in [3.63, 3.8) is 0 Å². The molecule has 4 fully saturated rings. The molecule has 0 aromatic heterocycles. The van der Waals surface area contributed by atoms with Crippen molar-refractivity contribution in [1.29, 1.82) is 0 Å². The maximum absolute atomic E-state index is 2.54. The Kier molecular flexibility index (Phi) is 7.23. The van der Waals surface area contributed by atoms with E-state index in [1.165, 1.54) is 111 Å². The number of hydrogen-bond donors (Lipinski definition) is 0. The van der Waals surface area contributed by atoms with E-state index in [9.17, 15) is 0 Å². The first-order valence-electron chi connectivity index (χ1n) is 19.7. The Morgan fingerprint density at radius 2 is 1.06 bits per heavy atom. The monoisotopic (exact) mass is 675 g/mol. The highest BCUT2D eigenvalue weighted by molar-refractivity contribution is 5.96. The molecule has 4 saturated carbocycles. The van der Waals surface area contributed by atoms with Gasteiger partial charge in [-0.1, -0.05) is 117 Å². The lowest BCUT2D eigenvalue weighted by atomic mass is 9.48. The number of benzene rings is 6. The molecule has 0 aliphatic heterocycles. The summed E-state index contributed by atoms with van der Waals surface area (Å²) in [5.41, 5.74) is 18.8. The summed E-state index contributed by atoms with van der Waals surface area (Å²) < 4.78 is 0. The van der Waals surface area contributed by atoms with Crippen molar-refractivity contribution in [2.24, 2.45) is 17.8 Å². The van der Waals surface area contributed by atoms with Crippen molar-refractivity contribution in [3.05, 3.63) is 161 Å². The second-order valence-corrected chi connectivity index (χ2v) is 17.4. The fourth-order valence-corrected chi connectivity index (χ4v) is 11.7. The van der Waals surface area contributed by atoms with Gasteiger partial charge in [-0.05, 0) is 162 Å². The molecule has 0 spiro atoms. The van der Waals surface area contributed by atoms with Gasteiger partial charge >= 0.3 is 0 Å². The van der Waals surface area contributed by atoms with E-state index >= 15 is 0 Å². The van der Waals surface area contributed by atoms with Gasteiger partial charge in [0.2, 0.25) is 0 Å². The largest absolute Gasteiger partial charge is 0.309 e. The Hall–Kier alpha value is -4.88. The molecular formula is C51H49N. The van der Waals surface area contributed by atoms with Crippen LogP contribution in [0, 0.1) is 31.6 Å². The van der Waals surface area contributed by atoms with Crippen LogP contribution in [-0.2, 0) is 10.8 Å². The minimum absolute atomic E-state index is 0.0684. The highest BCUT2D eigenvalue weighted by Crippen LogP contribution is 2.61. The molecule has 0 heterocycles. The molecule has 0 N–H and O–H groups in total. The van der Waals surface area contributed by atoms with Crippen LogP contribution in [0.15, 0.2) is 133 Å². The third-order valence-corrected chi connectivity index (χ3v) is 13.6. The molecular weight excluding hydrogens is 627 g/mol. The second-order valence-electron chi connectivity index (χ2n) is 17.4. The van der Waals surface area contributed by atoms with Gasteiger partial charge < -0.3 is 4.90 Å². The number of aryl methyl sites for hydroxylation is 2. The molecule has 1 nitrogen and oxygen atoms in total. The smallest absolute Gasteiger partial charge is 0.0543 e. The topological polar surface area (TPSA) is 3.24 Å². The fourth-order valence-electron chi connectivity index (χ4n) is 11.7. The summed E-state index contributed by atoms with van der Waals surface area (Å²) in [6.45, 7) is 9.37. The highest BCUT2D eigenvalue weighted by Gasteiger charge is 2.51. The summed E-state index contributed by atoms with van der Waals surface area (Å²) in [4.78, 5) is 2.54. The quantitative estimate of drug-likeness (QED) is 0.170. The van der Waals surface area contributed by atoms with Gasteiger partial charge in [0, 0.05) is 16.7 Å². The van der Waals surface area contributed by atoms with Gasteiger partial charge in [0.25, 0.3) is 0 Å². The van der Waals surface area contributed by atoms with Crippen LogP contribution in [0.3, 0.4) is 0 Å². The summed E-state index contributed by atoms with van der Waals surface area (Å²) >= 11 is 0. The second kappa shape index (κ2) is 11.8. The Morgan fingerprint density at radius 1 is 0.519 bits per heavy atom. The Balaban J connectivity index is 1.08. The van der Waals surface area contributed by atoms with Gasteiger partial charge in [0.05, 0.1) is 11.4 Å². The maximum Gasteiger partial charge on any atom is 0.0543 e. The third kappa shape index (κ3) is 4.96. The van der Waals surface area contributed by atoms with E-state index in [1.54, 1.807) is 5.56 Å². The normalized spacial score (nSPS) is 23.3. The van der Waals surface area contributed by atoms with Gasteiger partial charge in [0.15, 0.2) is 0 Å². The Labute approximate surface area is 310 Å². The Bertz CT molecular complexity index is 2250. The molecule has 4 bridgehead atoms. The first-order valence-corrected chi connectivity index (χ1v) is 19.7. The van der Waals surface area contributed by atoms with E-state index < -0.39 is 0 Å². The van der Waals surface area contributed by atoms with Gasteiger partial charge in [-0.15, -0.1) is 0 Å². The van der Waals surface area contributed by atoms with E-state index in [0.29, 0.717) is 5.41 Å². The SMILES string of the molecule is Cc1cc(-c2ccc(C34CC5CC(CC(C5)C3)C4)cc2)cc(C)c1N(c1ccc(-c2ccccc2)cc1)c1cccc2c1-c1ccccc1C2(C)C. The molecule has 6 aromatic rings. The zero-order valence-corrected chi connectivity index (χ0v) is 31.1. The number of rotatable bonds is 6. The van der Waals surface area contributed by atoms with Gasteiger partial charge in [-0.3, -0.25) is 0 Å². The Morgan fingerprint density at radius 3 is 1.71 bits per heavy atom. The van der Waals surface area contributed by atoms with Crippen LogP contribution < -0.4 is 4.90 Å². The molecule has 0 unspecified atom stereocenters. The highest BCUT2D eigenvalue weighted by atomic mass is 15.1. The van der Waals surface area contributed by atoms with Crippen molar-refractivity contribution < 1.29 is 0 Å². The van der Waals surface area contributed by atoms with Crippen molar-refractivity contribution >= 4 is 17.1 Å². The summed E-state index contributed by atoms with van der Waals surface area (Å²) in [5, 5.41) is 0. The molecule has 52 heavy (non-hydrogen) atoms. The summed E-state index contributed by atoms with van der Waals surface area (Å²) in [6, 6.07) is 50.5. The van der Waals surface area contributed by atoms with E-state index in [-0.39, 0.29) is 5.41 Å². The molecule has 5 aliphatic rings. The molecule has 5 aliphatic carbocycles. The number of hydrogen-bond acceptors (Lipinski definition) is 1. The van der Waals surface area contributed by atoms with E-state index in [4.69, 9.17) is 0 Å². The molecule has 258 valence electrons. The summed E-state index contributed by atoms with van der Waals surface area (Å²) in [5.74, 6) is 2.89. The number of anilines is 3. The van der Waals surface area contributed by atoms with Crippen molar-refractivity contribution in [1.82, 2.24) is 0 Å². The van der Waals surface area contributed by atoms with Gasteiger partial charge in [-0.25, -0.2) is 0 Å². The molecule has 0 amide bonds. The first kappa shape index (κ1) is 31.8. The maximum atomic E-state index is 2.54. The summed E-state index contributed by atoms with van der Waals surface area (Å²) in [7, 11) is 0. The molecule has 1 heteroatoms. The molecule has 0 atom stereocenters. The van der Waals surface area contributed by atoms with E-state index in [0.717, 1.165) is 17.8 Å². The molecule has 11 rings (SSSR count). The molecule has 0 saturated heterocycles. The van der Waals surface area contributed by atoms with E-state index in [2.05, 4.69) is 166 Å². The number of fused-ring (bicyclic) bond motifs is 3. The van der Waals surface area contributed by atoms with Crippen LogP contribution in [0.25, 0.3) is 33.4 Å².